The number of thioether (sulfide) groups is 2. The first kappa shape index (κ1) is 15.1. The molecule has 0 aliphatic carbocycles. The van der Waals surface area contributed by atoms with Crippen LogP contribution in [0, 0.1) is 0 Å². The van der Waals surface area contributed by atoms with Crippen LogP contribution in [0.4, 0.5) is 5.13 Å². The molecule has 4 rings (SSSR count). The molecule has 1 unspecified atom stereocenters. The van der Waals surface area contributed by atoms with E-state index in [0.29, 0.717) is 10.2 Å². The summed E-state index contributed by atoms with van der Waals surface area (Å²) in [5, 5.41) is 9.95. The quantitative estimate of drug-likeness (QED) is 0.574. The lowest BCUT2D eigenvalue weighted by Crippen LogP contribution is -2.68. The Hall–Kier alpha value is -0.470. The van der Waals surface area contributed by atoms with Gasteiger partial charge in [0.25, 0.3) is 5.91 Å². The van der Waals surface area contributed by atoms with Gasteiger partial charge in [0.2, 0.25) is 5.13 Å². The maximum Gasteiger partial charge on any atom is 0.253 e. The lowest BCUT2D eigenvalue weighted by molar-refractivity contribution is -0.122. The minimum Gasteiger partial charge on any atom is -0.272 e. The summed E-state index contributed by atoms with van der Waals surface area (Å²) in [5.41, 5.74) is 0.935. The van der Waals surface area contributed by atoms with Crippen LogP contribution in [-0.4, -0.2) is 37.2 Å². The molecule has 4 nitrogen and oxygen atoms in total. The number of alkyl halides is 1. The Morgan fingerprint density at radius 2 is 1.86 bits per heavy atom. The minimum absolute atomic E-state index is 0.0950. The zero-order chi connectivity index (χ0) is 15.3. The Labute approximate surface area is 149 Å². The molecule has 9 heteroatoms. The van der Waals surface area contributed by atoms with Crippen molar-refractivity contribution >= 4 is 69.1 Å². The lowest BCUT2D eigenvalue weighted by atomic mass is 10.2. The van der Waals surface area contributed by atoms with Crippen molar-refractivity contribution < 1.29 is 4.79 Å². The summed E-state index contributed by atoms with van der Waals surface area (Å²) in [6.07, 6.45) is 0. The standard InChI is InChI=1S/C13H9Cl2N3OS3/c14-8-3-1-7(2-4-8)10-16-17-12(22-10)18-11(19)9(15)13(18)20-5-6-21-13/h1-4,9H,5-6H2. The Morgan fingerprint density at radius 1 is 1.18 bits per heavy atom. The van der Waals surface area contributed by atoms with Crippen molar-refractivity contribution in [2.45, 2.75) is 9.58 Å². The van der Waals surface area contributed by atoms with Gasteiger partial charge in [-0.2, -0.15) is 0 Å². The molecule has 1 amide bonds. The highest BCUT2D eigenvalue weighted by molar-refractivity contribution is 8.21. The Kier molecular flexibility index (Phi) is 3.81. The van der Waals surface area contributed by atoms with Crippen molar-refractivity contribution in [3.8, 4) is 10.6 Å². The molecule has 1 atom stereocenters. The van der Waals surface area contributed by atoms with E-state index in [0.717, 1.165) is 22.1 Å². The van der Waals surface area contributed by atoms with Gasteiger partial charge in [-0.25, -0.2) is 0 Å². The van der Waals surface area contributed by atoms with Crippen molar-refractivity contribution in [1.29, 1.82) is 0 Å². The molecular weight excluding hydrogens is 381 g/mol. The van der Waals surface area contributed by atoms with Crippen molar-refractivity contribution in [3.63, 3.8) is 0 Å². The summed E-state index contributed by atoms with van der Waals surface area (Å²) in [6, 6.07) is 7.41. The molecule has 0 saturated carbocycles. The third-order valence-electron chi connectivity index (χ3n) is 3.47. The van der Waals surface area contributed by atoms with Crippen LogP contribution in [0.25, 0.3) is 10.6 Å². The van der Waals surface area contributed by atoms with Crippen molar-refractivity contribution in [1.82, 2.24) is 10.2 Å². The number of hydrogen-bond acceptors (Lipinski definition) is 6. The second kappa shape index (κ2) is 5.56. The fourth-order valence-corrected chi connectivity index (χ4v) is 7.33. The number of amides is 1. The second-order valence-corrected chi connectivity index (χ2v) is 9.49. The molecule has 3 heterocycles. The monoisotopic (exact) mass is 389 g/mol. The van der Waals surface area contributed by atoms with E-state index in [1.54, 1.807) is 28.4 Å². The number of hydrogen-bond donors (Lipinski definition) is 0. The maximum atomic E-state index is 12.2. The summed E-state index contributed by atoms with van der Waals surface area (Å²) < 4.78 is -0.407. The first-order valence-corrected chi connectivity index (χ1v) is 10.1. The Balaban J connectivity index is 1.66. The minimum atomic E-state index is -0.493. The number of halogens is 2. The van der Waals surface area contributed by atoms with Crippen LogP contribution < -0.4 is 4.90 Å². The highest BCUT2D eigenvalue weighted by Gasteiger charge is 2.64. The topological polar surface area (TPSA) is 46.1 Å². The van der Waals surface area contributed by atoms with E-state index in [1.807, 2.05) is 24.3 Å². The Morgan fingerprint density at radius 3 is 2.55 bits per heavy atom. The molecule has 114 valence electrons. The zero-order valence-corrected chi connectivity index (χ0v) is 15.0. The molecular formula is C13H9Cl2N3OS3. The smallest absolute Gasteiger partial charge is 0.253 e. The maximum absolute atomic E-state index is 12.2. The van der Waals surface area contributed by atoms with Gasteiger partial charge in [0.05, 0.1) is 0 Å². The number of carbonyl (C=O) groups excluding carboxylic acids is 1. The molecule has 0 bridgehead atoms. The van der Waals surface area contributed by atoms with Gasteiger partial charge < -0.3 is 0 Å². The van der Waals surface area contributed by atoms with E-state index in [4.69, 9.17) is 23.2 Å². The molecule has 2 aliphatic heterocycles. The lowest BCUT2D eigenvalue weighted by Gasteiger charge is -2.49. The van der Waals surface area contributed by atoms with Crippen LogP contribution in [0.2, 0.25) is 5.02 Å². The van der Waals surface area contributed by atoms with Crippen molar-refractivity contribution in [2.24, 2.45) is 0 Å². The molecule has 22 heavy (non-hydrogen) atoms. The van der Waals surface area contributed by atoms with Crippen LogP contribution in [0.15, 0.2) is 24.3 Å². The average molecular weight is 390 g/mol. The first-order valence-electron chi connectivity index (χ1n) is 6.47. The van der Waals surface area contributed by atoms with Gasteiger partial charge in [0.1, 0.15) is 5.01 Å². The second-order valence-electron chi connectivity index (χ2n) is 4.76. The largest absolute Gasteiger partial charge is 0.272 e. The number of rotatable bonds is 2. The summed E-state index contributed by atoms with van der Waals surface area (Å²) in [7, 11) is 0. The summed E-state index contributed by atoms with van der Waals surface area (Å²) in [4.78, 5) is 13.9. The first-order chi connectivity index (χ1) is 10.6. The number of nitrogens with zero attached hydrogens (tertiary/aromatic N) is 3. The van der Waals surface area contributed by atoms with E-state index in [-0.39, 0.29) is 5.91 Å². The van der Waals surface area contributed by atoms with Crippen molar-refractivity contribution in [3.05, 3.63) is 29.3 Å². The molecule has 2 fully saturated rings. The summed E-state index contributed by atoms with van der Waals surface area (Å²) in [6.45, 7) is 0. The highest BCUT2D eigenvalue weighted by Crippen LogP contribution is 2.58. The van der Waals surface area contributed by atoms with Crippen LogP contribution in [0.1, 0.15) is 0 Å². The van der Waals surface area contributed by atoms with E-state index in [1.165, 1.54) is 11.3 Å². The van der Waals surface area contributed by atoms with Crippen molar-refractivity contribution in [2.75, 3.05) is 16.4 Å². The van der Waals surface area contributed by atoms with Gasteiger partial charge in [-0.3, -0.25) is 9.69 Å². The Bertz CT molecular complexity index is 730. The predicted molar refractivity (Wildman–Crippen MR) is 95.1 cm³/mol. The number of anilines is 1. The average Bonchev–Trinajstić information content (AvgIpc) is 3.19. The van der Waals surface area contributed by atoms with Crippen LogP contribution in [0.3, 0.4) is 0 Å². The molecule has 2 aromatic rings. The molecule has 0 radical (unpaired) electrons. The van der Waals surface area contributed by atoms with Crippen LogP contribution in [0.5, 0.6) is 0 Å². The van der Waals surface area contributed by atoms with Crippen LogP contribution >= 0.6 is 58.1 Å². The molecule has 1 aromatic carbocycles. The van der Waals surface area contributed by atoms with E-state index in [2.05, 4.69) is 10.2 Å². The normalized spacial score (nSPS) is 23.1. The summed E-state index contributed by atoms with van der Waals surface area (Å²) >= 11 is 17.0. The van der Waals surface area contributed by atoms with Gasteiger partial charge in [-0.1, -0.05) is 35.1 Å². The third kappa shape index (κ3) is 2.17. The summed E-state index contributed by atoms with van der Waals surface area (Å²) in [5.74, 6) is 1.88. The molecule has 1 aromatic heterocycles. The van der Waals surface area contributed by atoms with Gasteiger partial charge in [0, 0.05) is 22.1 Å². The molecule has 1 spiro atoms. The fraction of sp³-hybridized carbons (Fsp3) is 0.308. The third-order valence-corrected chi connectivity index (χ3v) is 8.88. The SMILES string of the molecule is O=C1C(Cl)C2(SCCS2)N1c1nnc(-c2ccc(Cl)cc2)s1. The number of carbonyl (C=O) groups is 1. The van der Waals surface area contributed by atoms with E-state index in [9.17, 15) is 4.79 Å². The zero-order valence-electron chi connectivity index (χ0n) is 11.0. The highest BCUT2D eigenvalue weighted by atomic mass is 35.5. The molecule has 0 N–H and O–H groups in total. The fourth-order valence-electron chi connectivity index (χ4n) is 2.41. The van der Waals surface area contributed by atoms with Gasteiger partial charge in [-0.15, -0.1) is 45.3 Å². The number of aromatic nitrogens is 2. The van der Waals surface area contributed by atoms with E-state index >= 15 is 0 Å². The predicted octanol–water partition coefficient (Wildman–Crippen LogP) is 3.95. The van der Waals surface area contributed by atoms with E-state index < -0.39 is 9.58 Å². The number of benzene rings is 1. The molecule has 2 saturated heterocycles. The molecule has 2 aliphatic rings. The van der Waals surface area contributed by atoms with Gasteiger partial charge >= 0.3 is 0 Å². The van der Waals surface area contributed by atoms with Gasteiger partial charge in [-0.05, 0) is 12.1 Å². The van der Waals surface area contributed by atoms with Crippen LogP contribution in [-0.2, 0) is 4.79 Å². The number of β-lactam (4-membered cyclic amide) rings is 1. The van der Waals surface area contributed by atoms with Gasteiger partial charge in [0.15, 0.2) is 9.58 Å².